The molecule has 0 spiro atoms. The van der Waals surface area contributed by atoms with Crippen LogP contribution in [0.4, 0.5) is 0 Å². The van der Waals surface area contributed by atoms with Crippen LogP contribution in [0.25, 0.3) is 0 Å². The summed E-state index contributed by atoms with van der Waals surface area (Å²) in [6.07, 6.45) is 4.64. The van der Waals surface area contributed by atoms with Gasteiger partial charge in [0.25, 0.3) is 0 Å². The van der Waals surface area contributed by atoms with Gasteiger partial charge in [-0.1, -0.05) is 18.2 Å². The molecule has 1 fully saturated rings. The van der Waals surface area contributed by atoms with Crippen LogP contribution in [0.5, 0.6) is 0 Å². The van der Waals surface area contributed by atoms with Gasteiger partial charge in [0.2, 0.25) is 5.91 Å². The molecule has 29 heavy (non-hydrogen) atoms. The van der Waals surface area contributed by atoms with Gasteiger partial charge in [-0.3, -0.25) is 4.79 Å². The molecular weight excluding hydrogens is 499 g/mol. The van der Waals surface area contributed by atoms with Gasteiger partial charge in [-0.25, -0.2) is 4.99 Å². The Labute approximate surface area is 193 Å². The molecule has 1 amide bonds. The van der Waals surface area contributed by atoms with Crippen molar-refractivity contribution < 1.29 is 9.21 Å². The van der Waals surface area contributed by atoms with E-state index in [0.717, 1.165) is 50.4 Å². The van der Waals surface area contributed by atoms with Gasteiger partial charge in [0.05, 0.1) is 6.26 Å². The number of aliphatic imine (C=N–C) groups is 1. The smallest absolute Gasteiger partial charge is 0.244 e. The van der Waals surface area contributed by atoms with E-state index in [2.05, 4.69) is 27.8 Å². The topological polar surface area (TPSA) is 69.9 Å². The van der Waals surface area contributed by atoms with Crippen LogP contribution in [-0.2, 0) is 11.2 Å². The van der Waals surface area contributed by atoms with Crippen LogP contribution in [0.2, 0.25) is 0 Å². The first-order valence-electron chi connectivity index (χ1n) is 9.81. The molecule has 0 atom stereocenters. The highest BCUT2D eigenvalue weighted by Crippen LogP contribution is 2.15. The Balaban J connectivity index is 0.00000300. The number of nitrogens with zero attached hydrogens (tertiary/aromatic N) is 2. The highest BCUT2D eigenvalue weighted by Gasteiger charge is 2.17. The molecule has 1 saturated heterocycles. The molecule has 0 unspecified atom stereocenters. The van der Waals surface area contributed by atoms with E-state index in [0.29, 0.717) is 12.5 Å². The van der Waals surface area contributed by atoms with E-state index >= 15 is 0 Å². The Bertz CT molecular complexity index is 734. The SMILES string of the molecule is I.O=C(CN=C(NCCSc1ccccc1)NCCc1ccco1)N1CCCC1. The van der Waals surface area contributed by atoms with E-state index < -0.39 is 0 Å². The highest BCUT2D eigenvalue weighted by molar-refractivity contribution is 14.0. The predicted molar refractivity (Wildman–Crippen MR) is 129 cm³/mol. The Hall–Kier alpha value is -1.68. The summed E-state index contributed by atoms with van der Waals surface area (Å²) in [5.41, 5.74) is 0. The molecular formula is C21H29IN4O2S. The first kappa shape index (κ1) is 23.6. The van der Waals surface area contributed by atoms with E-state index in [1.165, 1.54) is 4.90 Å². The van der Waals surface area contributed by atoms with E-state index in [9.17, 15) is 4.79 Å². The predicted octanol–water partition coefficient (Wildman–Crippen LogP) is 3.39. The van der Waals surface area contributed by atoms with Crippen LogP contribution in [0.15, 0.2) is 63.0 Å². The van der Waals surface area contributed by atoms with E-state index in [-0.39, 0.29) is 36.4 Å². The number of nitrogens with one attached hydrogen (secondary N) is 2. The number of hydrogen-bond donors (Lipinski definition) is 2. The largest absolute Gasteiger partial charge is 0.469 e. The molecule has 6 nitrogen and oxygen atoms in total. The lowest BCUT2D eigenvalue weighted by molar-refractivity contribution is -0.128. The van der Waals surface area contributed by atoms with E-state index in [1.807, 2.05) is 35.2 Å². The van der Waals surface area contributed by atoms with Crippen LogP contribution in [0.1, 0.15) is 18.6 Å². The van der Waals surface area contributed by atoms with Gasteiger partial charge in [-0.2, -0.15) is 0 Å². The van der Waals surface area contributed by atoms with Gasteiger partial charge >= 0.3 is 0 Å². The number of guanidine groups is 1. The summed E-state index contributed by atoms with van der Waals surface area (Å²) in [7, 11) is 0. The van der Waals surface area contributed by atoms with Gasteiger partial charge in [-0.05, 0) is 37.1 Å². The quantitative estimate of drug-likeness (QED) is 0.172. The molecule has 2 aromatic rings. The normalized spacial score (nSPS) is 13.8. The minimum absolute atomic E-state index is 0. The summed E-state index contributed by atoms with van der Waals surface area (Å²) in [5.74, 6) is 2.62. The number of furan rings is 1. The molecule has 2 N–H and O–H groups in total. The van der Waals surface area contributed by atoms with Crippen molar-refractivity contribution in [3.8, 4) is 0 Å². The Morgan fingerprint density at radius 1 is 1.07 bits per heavy atom. The third kappa shape index (κ3) is 8.69. The number of rotatable bonds is 9. The first-order valence-corrected chi connectivity index (χ1v) is 10.8. The monoisotopic (exact) mass is 528 g/mol. The van der Waals surface area contributed by atoms with Crippen molar-refractivity contribution in [2.45, 2.75) is 24.2 Å². The number of likely N-dealkylation sites (tertiary alicyclic amines) is 1. The average molecular weight is 528 g/mol. The summed E-state index contributed by atoms with van der Waals surface area (Å²) in [4.78, 5) is 19.9. The van der Waals surface area contributed by atoms with Crippen LogP contribution in [0.3, 0.4) is 0 Å². The molecule has 1 aromatic carbocycles. The third-order valence-corrected chi connectivity index (χ3v) is 5.50. The van der Waals surface area contributed by atoms with Crippen LogP contribution in [-0.4, -0.2) is 55.2 Å². The first-order chi connectivity index (χ1) is 13.8. The highest BCUT2D eigenvalue weighted by atomic mass is 127. The minimum atomic E-state index is 0. The number of carbonyl (C=O) groups excluding carboxylic acids is 1. The fourth-order valence-corrected chi connectivity index (χ4v) is 3.79. The number of hydrogen-bond acceptors (Lipinski definition) is 4. The lowest BCUT2D eigenvalue weighted by Gasteiger charge is -2.15. The maximum absolute atomic E-state index is 12.3. The summed E-state index contributed by atoms with van der Waals surface area (Å²) < 4.78 is 5.36. The van der Waals surface area contributed by atoms with Gasteiger partial charge < -0.3 is 20.0 Å². The van der Waals surface area contributed by atoms with Gasteiger partial charge in [0.15, 0.2) is 5.96 Å². The molecule has 8 heteroatoms. The standard InChI is InChI=1S/C21H28N4O2S.HI/c26-20(25-13-4-5-14-25)17-24-21(22-11-10-18-7-6-15-27-18)23-12-16-28-19-8-2-1-3-9-19;/h1-3,6-9,15H,4-5,10-14,16-17H2,(H2,22,23,24);1H. The molecule has 2 heterocycles. The molecule has 1 aliphatic heterocycles. The van der Waals surface area contributed by atoms with Crippen LogP contribution in [0, 0.1) is 0 Å². The summed E-state index contributed by atoms with van der Waals surface area (Å²) in [6, 6.07) is 14.2. The third-order valence-electron chi connectivity index (χ3n) is 4.48. The zero-order valence-electron chi connectivity index (χ0n) is 16.5. The summed E-state index contributed by atoms with van der Waals surface area (Å²) in [6.45, 7) is 3.36. The van der Waals surface area contributed by atoms with Crippen molar-refractivity contribution in [2.75, 3.05) is 38.5 Å². The Morgan fingerprint density at radius 3 is 2.55 bits per heavy atom. The second-order valence-electron chi connectivity index (χ2n) is 6.60. The van der Waals surface area contributed by atoms with Crippen LogP contribution < -0.4 is 10.6 Å². The lowest BCUT2D eigenvalue weighted by Crippen LogP contribution is -2.40. The minimum Gasteiger partial charge on any atom is -0.469 e. The van der Waals surface area contributed by atoms with Crippen molar-refractivity contribution in [3.05, 3.63) is 54.5 Å². The van der Waals surface area contributed by atoms with E-state index in [1.54, 1.807) is 18.0 Å². The lowest BCUT2D eigenvalue weighted by atomic mass is 10.3. The van der Waals surface area contributed by atoms with Crippen molar-refractivity contribution >= 4 is 47.6 Å². The summed E-state index contributed by atoms with van der Waals surface area (Å²) >= 11 is 1.79. The second-order valence-corrected chi connectivity index (χ2v) is 7.77. The Morgan fingerprint density at radius 2 is 1.83 bits per heavy atom. The molecule has 1 aliphatic rings. The van der Waals surface area contributed by atoms with Crippen molar-refractivity contribution in [1.29, 1.82) is 0 Å². The zero-order chi connectivity index (χ0) is 19.4. The number of amides is 1. The second kappa shape index (κ2) is 13.5. The molecule has 0 aliphatic carbocycles. The average Bonchev–Trinajstić information content (AvgIpc) is 3.43. The number of benzene rings is 1. The van der Waals surface area contributed by atoms with Gasteiger partial charge in [0.1, 0.15) is 12.3 Å². The van der Waals surface area contributed by atoms with Gasteiger partial charge in [-0.15, -0.1) is 35.7 Å². The molecule has 0 saturated carbocycles. The maximum atomic E-state index is 12.3. The van der Waals surface area contributed by atoms with Crippen molar-refractivity contribution in [3.63, 3.8) is 0 Å². The molecule has 3 rings (SSSR count). The number of thioether (sulfide) groups is 1. The van der Waals surface area contributed by atoms with Crippen molar-refractivity contribution in [1.82, 2.24) is 15.5 Å². The fourth-order valence-electron chi connectivity index (χ4n) is 3.00. The maximum Gasteiger partial charge on any atom is 0.244 e. The van der Waals surface area contributed by atoms with Crippen molar-refractivity contribution in [2.24, 2.45) is 4.99 Å². The number of carbonyl (C=O) groups is 1. The molecule has 158 valence electrons. The summed E-state index contributed by atoms with van der Waals surface area (Å²) in [5, 5.41) is 6.63. The van der Waals surface area contributed by atoms with Crippen LogP contribution >= 0.6 is 35.7 Å². The molecule has 1 aromatic heterocycles. The fraction of sp³-hybridized carbons (Fsp3) is 0.429. The molecule has 0 radical (unpaired) electrons. The number of halogens is 1. The van der Waals surface area contributed by atoms with E-state index in [4.69, 9.17) is 4.42 Å². The Kier molecular flexibility index (Phi) is 11.0. The molecule has 0 bridgehead atoms. The zero-order valence-corrected chi connectivity index (χ0v) is 19.7. The van der Waals surface area contributed by atoms with Gasteiger partial charge in [0, 0.05) is 43.2 Å².